The van der Waals surface area contributed by atoms with Crippen LogP contribution in [0.5, 0.6) is 5.75 Å². The SMILES string of the molecule is Cc1cc(C)c(OCC(=O)O[C@H](C)C(=O)NCc2ccccc2)c(C)c1. The van der Waals surface area contributed by atoms with Crippen molar-refractivity contribution in [1.82, 2.24) is 5.32 Å². The van der Waals surface area contributed by atoms with Crippen LogP contribution in [0.2, 0.25) is 0 Å². The number of carbonyl (C=O) groups excluding carboxylic acids is 2. The summed E-state index contributed by atoms with van der Waals surface area (Å²) in [6.45, 7) is 7.57. The van der Waals surface area contributed by atoms with Gasteiger partial charge in [-0.05, 0) is 44.4 Å². The number of hydrogen-bond acceptors (Lipinski definition) is 4. The van der Waals surface area contributed by atoms with Crippen LogP contribution in [-0.4, -0.2) is 24.6 Å². The molecule has 26 heavy (non-hydrogen) atoms. The number of rotatable bonds is 7. The highest BCUT2D eigenvalue weighted by molar-refractivity contribution is 5.83. The Bertz CT molecular complexity index is 748. The lowest BCUT2D eigenvalue weighted by Gasteiger charge is -2.15. The fourth-order valence-electron chi connectivity index (χ4n) is 2.74. The van der Waals surface area contributed by atoms with Gasteiger partial charge in [0.25, 0.3) is 5.91 Å². The highest BCUT2D eigenvalue weighted by Gasteiger charge is 2.18. The molecule has 0 saturated carbocycles. The number of esters is 1. The van der Waals surface area contributed by atoms with Gasteiger partial charge in [0.1, 0.15) is 5.75 Å². The van der Waals surface area contributed by atoms with E-state index in [4.69, 9.17) is 9.47 Å². The molecule has 0 aromatic heterocycles. The van der Waals surface area contributed by atoms with E-state index in [0.29, 0.717) is 12.3 Å². The van der Waals surface area contributed by atoms with Gasteiger partial charge in [-0.1, -0.05) is 48.0 Å². The molecule has 1 amide bonds. The fourth-order valence-corrected chi connectivity index (χ4v) is 2.74. The van der Waals surface area contributed by atoms with Crippen molar-refractivity contribution in [2.45, 2.75) is 40.3 Å². The van der Waals surface area contributed by atoms with Crippen LogP contribution in [-0.2, 0) is 20.9 Å². The Hall–Kier alpha value is -2.82. The first-order chi connectivity index (χ1) is 12.4. The van der Waals surface area contributed by atoms with Crippen molar-refractivity contribution in [1.29, 1.82) is 0 Å². The molecule has 0 radical (unpaired) electrons. The van der Waals surface area contributed by atoms with Gasteiger partial charge in [0, 0.05) is 6.54 Å². The average Bonchev–Trinajstić information content (AvgIpc) is 2.59. The number of aryl methyl sites for hydroxylation is 3. The van der Waals surface area contributed by atoms with Crippen molar-refractivity contribution in [3.8, 4) is 5.75 Å². The van der Waals surface area contributed by atoms with Gasteiger partial charge in [-0.15, -0.1) is 0 Å². The Kier molecular flexibility index (Phi) is 6.78. The molecule has 2 aromatic rings. The summed E-state index contributed by atoms with van der Waals surface area (Å²) >= 11 is 0. The van der Waals surface area contributed by atoms with Crippen molar-refractivity contribution < 1.29 is 19.1 Å². The molecule has 0 fully saturated rings. The molecular weight excluding hydrogens is 330 g/mol. The highest BCUT2D eigenvalue weighted by atomic mass is 16.6. The van der Waals surface area contributed by atoms with E-state index in [1.807, 2.05) is 63.2 Å². The average molecular weight is 355 g/mol. The number of hydrogen-bond donors (Lipinski definition) is 1. The molecule has 0 aliphatic carbocycles. The predicted octanol–water partition coefficient (Wildman–Crippen LogP) is 3.24. The van der Waals surface area contributed by atoms with Crippen LogP contribution in [0.4, 0.5) is 0 Å². The van der Waals surface area contributed by atoms with E-state index < -0.39 is 12.1 Å². The molecule has 2 rings (SSSR count). The summed E-state index contributed by atoms with van der Waals surface area (Å²) in [4.78, 5) is 24.0. The maximum absolute atomic E-state index is 12.0. The minimum atomic E-state index is -0.880. The number of nitrogens with one attached hydrogen (secondary N) is 1. The van der Waals surface area contributed by atoms with Gasteiger partial charge < -0.3 is 14.8 Å². The molecule has 2 aromatic carbocycles. The van der Waals surface area contributed by atoms with Crippen LogP contribution in [0.25, 0.3) is 0 Å². The maximum atomic E-state index is 12.0. The number of amides is 1. The normalized spacial score (nSPS) is 11.5. The predicted molar refractivity (Wildman–Crippen MR) is 100.0 cm³/mol. The summed E-state index contributed by atoms with van der Waals surface area (Å²) in [5.41, 5.74) is 4.04. The Balaban J connectivity index is 1.80. The molecule has 0 aliphatic heterocycles. The monoisotopic (exact) mass is 355 g/mol. The molecule has 5 heteroatoms. The minimum Gasteiger partial charge on any atom is -0.481 e. The Morgan fingerprint density at radius 1 is 1.04 bits per heavy atom. The molecule has 1 N–H and O–H groups in total. The Morgan fingerprint density at radius 3 is 2.27 bits per heavy atom. The molecule has 138 valence electrons. The van der Waals surface area contributed by atoms with E-state index in [9.17, 15) is 9.59 Å². The van der Waals surface area contributed by atoms with E-state index in [2.05, 4.69) is 5.32 Å². The number of carbonyl (C=O) groups is 2. The zero-order chi connectivity index (χ0) is 19.1. The molecule has 0 bridgehead atoms. The summed E-state index contributed by atoms with van der Waals surface area (Å²) in [7, 11) is 0. The zero-order valence-corrected chi connectivity index (χ0v) is 15.7. The first-order valence-electron chi connectivity index (χ1n) is 8.58. The van der Waals surface area contributed by atoms with Crippen molar-refractivity contribution >= 4 is 11.9 Å². The third-order valence-corrected chi connectivity index (χ3v) is 3.93. The van der Waals surface area contributed by atoms with Crippen LogP contribution < -0.4 is 10.1 Å². The summed E-state index contributed by atoms with van der Waals surface area (Å²) < 4.78 is 10.7. The van der Waals surface area contributed by atoms with Crippen LogP contribution in [0, 0.1) is 20.8 Å². The number of benzene rings is 2. The molecule has 0 unspecified atom stereocenters. The second kappa shape index (κ2) is 9.04. The Labute approximate surface area is 154 Å². The number of ether oxygens (including phenoxy) is 2. The van der Waals surface area contributed by atoms with Gasteiger partial charge >= 0.3 is 5.97 Å². The van der Waals surface area contributed by atoms with Crippen LogP contribution in [0.1, 0.15) is 29.2 Å². The lowest BCUT2D eigenvalue weighted by atomic mass is 10.1. The molecule has 1 atom stereocenters. The van der Waals surface area contributed by atoms with E-state index in [1.54, 1.807) is 6.92 Å². The van der Waals surface area contributed by atoms with E-state index >= 15 is 0 Å². The van der Waals surface area contributed by atoms with E-state index in [-0.39, 0.29) is 12.5 Å². The minimum absolute atomic E-state index is 0.235. The van der Waals surface area contributed by atoms with Crippen LogP contribution in [0.3, 0.4) is 0 Å². The van der Waals surface area contributed by atoms with E-state index in [1.165, 1.54) is 0 Å². The molecule has 0 spiro atoms. The Morgan fingerprint density at radius 2 is 1.65 bits per heavy atom. The van der Waals surface area contributed by atoms with Crippen LogP contribution in [0.15, 0.2) is 42.5 Å². The van der Waals surface area contributed by atoms with Crippen molar-refractivity contribution in [3.05, 3.63) is 64.7 Å². The second-order valence-corrected chi connectivity index (χ2v) is 6.35. The first-order valence-corrected chi connectivity index (χ1v) is 8.58. The van der Waals surface area contributed by atoms with Gasteiger partial charge in [-0.25, -0.2) is 4.79 Å². The fraction of sp³-hybridized carbons (Fsp3) is 0.333. The first kappa shape index (κ1) is 19.5. The van der Waals surface area contributed by atoms with Crippen molar-refractivity contribution in [2.75, 3.05) is 6.61 Å². The summed E-state index contributed by atoms with van der Waals surface area (Å²) in [6, 6.07) is 13.5. The molecule has 0 heterocycles. The standard InChI is InChI=1S/C21H25NO4/c1-14-10-15(2)20(16(3)11-14)25-13-19(23)26-17(4)21(24)22-12-18-8-6-5-7-9-18/h5-11,17H,12-13H2,1-4H3,(H,22,24)/t17-/m1/s1. The van der Waals surface area contributed by atoms with Gasteiger partial charge in [0.2, 0.25) is 0 Å². The summed E-state index contributed by atoms with van der Waals surface area (Å²) in [5.74, 6) is -0.245. The highest BCUT2D eigenvalue weighted by Crippen LogP contribution is 2.24. The largest absolute Gasteiger partial charge is 0.481 e. The quantitative estimate of drug-likeness (QED) is 0.775. The van der Waals surface area contributed by atoms with Crippen molar-refractivity contribution in [3.63, 3.8) is 0 Å². The van der Waals surface area contributed by atoms with Gasteiger partial charge in [-0.2, -0.15) is 0 Å². The lowest BCUT2D eigenvalue weighted by Crippen LogP contribution is -2.36. The lowest BCUT2D eigenvalue weighted by molar-refractivity contribution is -0.156. The van der Waals surface area contributed by atoms with E-state index in [0.717, 1.165) is 22.3 Å². The van der Waals surface area contributed by atoms with Crippen molar-refractivity contribution in [2.24, 2.45) is 0 Å². The molecule has 0 saturated heterocycles. The van der Waals surface area contributed by atoms with Crippen LogP contribution >= 0.6 is 0 Å². The maximum Gasteiger partial charge on any atom is 0.344 e. The zero-order valence-electron chi connectivity index (χ0n) is 15.7. The summed E-state index contributed by atoms with van der Waals surface area (Å²) in [5, 5.41) is 2.75. The van der Waals surface area contributed by atoms with Gasteiger partial charge in [-0.3, -0.25) is 4.79 Å². The molecule has 5 nitrogen and oxygen atoms in total. The molecule has 0 aliphatic rings. The topological polar surface area (TPSA) is 64.6 Å². The smallest absolute Gasteiger partial charge is 0.344 e. The second-order valence-electron chi connectivity index (χ2n) is 6.35. The van der Waals surface area contributed by atoms with Gasteiger partial charge in [0.05, 0.1) is 0 Å². The summed E-state index contributed by atoms with van der Waals surface area (Å²) in [6.07, 6.45) is -0.880. The third kappa shape index (κ3) is 5.62. The third-order valence-electron chi connectivity index (χ3n) is 3.93. The molecular formula is C21H25NO4. The van der Waals surface area contributed by atoms with Gasteiger partial charge in [0.15, 0.2) is 12.7 Å².